The minimum absolute atomic E-state index is 0.267. The number of hydrogen-bond acceptors (Lipinski definition) is 4. The summed E-state index contributed by atoms with van der Waals surface area (Å²) in [4.78, 5) is 16.5. The number of halogens is 1. The zero-order chi connectivity index (χ0) is 18.4. The Kier molecular flexibility index (Phi) is 5.43. The number of pyridine rings is 1. The van der Waals surface area contributed by atoms with Crippen molar-refractivity contribution < 1.29 is 13.9 Å². The van der Waals surface area contributed by atoms with Crippen molar-refractivity contribution >= 4 is 17.3 Å². The van der Waals surface area contributed by atoms with E-state index in [0.717, 1.165) is 5.56 Å². The highest BCUT2D eigenvalue weighted by Crippen LogP contribution is 2.18. The van der Waals surface area contributed by atoms with E-state index in [0.29, 0.717) is 29.2 Å². The second-order valence-electron chi connectivity index (χ2n) is 5.63. The molecule has 0 bridgehead atoms. The molecule has 6 heteroatoms. The smallest absolute Gasteiger partial charge is 0.257 e. The predicted molar refractivity (Wildman–Crippen MR) is 98.9 cm³/mol. The van der Waals surface area contributed by atoms with Gasteiger partial charge in [0.1, 0.15) is 11.6 Å². The molecule has 3 aromatic rings. The number of benzene rings is 2. The van der Waals surface area contributed by atoms with Crippen LogP contribution in [-0.2, 0) is 6.54 Å². The Morgan fingerprint density at radius 3 is 2.65 bits per heavy atom. The highest BCUT2D eigenvalue weighted by atomic mass is 19.1. The van der Waals surface area contributed by atoms with E-state index in [2.05, 4.69) is 15.6 Å². The first-order chi connectivity index (χ1) is 12.6. The molecule has 2 aromatic carbocycles. The third-order valence-corrected chi connectivity index (χ3v) is 3.74. The van der Waals surface area contributed by atoms with Crippen LogP contribution in [0.4, 0.5) is 15.8 Å². The minimum Gasteiger partial charge on any atom is -0.497 e. The van der Waals surface area contributed by atoms with Gasteiger partial charge in [-0.1, -0.05) is 18.2 Å². The molecule has 0 saturated carbocycles. The van der Waals surface area contributed by atoms with Crippen molar-refractivity contribution in [2.75, 3.05) is 17.7 Å². The number of amides is 1. The average molecular weight is 351 g/mol. The van der Waals surface area contributed by atoms with Gasteiger partial charge in [-0.2, -0.15) is 0 Å². The van der Waals surface area contributed by atoms with Gasteiger partial charge in [-0.3, -0.25) is 9.78 Å². The zero-order valence-electron chi connectivity index (χ0n) is 14.2. The van der Waals surface area contributed by atoms with Crippen LogP contribution in [-0.4, -0.2) is 18.0 Å². The van der Waals surface area contributed by atoms with Crippen LogP contribution < -0.4 is 15.4 Å². The van der Waals surface area contributed by atoms with Gasteiger partial charge in [0.15, 0.2) is 0 Å². The van der Waals surface area contributed by atoms with Crippen molar-refractivity contribution in [2.24, 2.45) is 0 Å². The topological polar surface area (TPSA) is 63.2 Å². The maximum Gasteiger partial charge on any atom is 0.257 e. The Morgan fingerprint density at radius 2 is 1.88 bits per heavy atom. The van der Waals surface area contributed by atoms with E-state index in [1.807, 2.05) is 0 Å². The highest BCUT2D eigenvalue weighted by molar-refractivity contribution is 6.04. The summed E-state index contributed by atoms with van der Waals surface area (Å²) in [5.41, 5.74) is 2.70. The molecule has 2 N–H and O–H groups in total. The summed E-state index contributed by atoms with van der Waals surface area (Å²) in [5.74, 6) is 0.124. The van der Waals surface area contributed by atoms with Gasteiger partial charge in [0.2, 0.25) is 0 Å². The lowest BCUT2D eigenvalue weighted by Gasteiger charge is -2.09. The number of hydrogen-bond donors (Lipinski definition) is 2. The Balaban J connectivity index is 1.65. The van der Waals surface area contributed by atoms with Gasteiger partial charge in [-0.25, -0.2) is 4.39 Å². The molecule has 0 aliphatic rings. The molecular weight excluding hydrogens is 333 g/mol. The molecular formula is C20H18FN3O2. The van der Waals surface area contributed by atoms with Crippen molar-refractivity contribution in [3.63, 3.8) is 0 Å². The normalized spacial score (nSPS) is 10.2. The summed E-state index contributed by atoms with van der Waals surface area (Å²) >= 11 is 0. The van der Waals surface area contributed by atoms with Gasteiger partial charge in [-0.05, 0) is 35.9 Å². The van der Waals surface area contributed by atoms with Crippen LogP contribution in [0.2, 0.25) is 0 Å². The Hall–Kier alpha value is -3.41. The van der Waals surface area contributed by atoms with Crippen LogP contribution in [0.1, 0.15) is 15.9 Å². The fraction of sp³-hybridized carbons (Fsp3) is 0.100. The van der Waals surface area contributed by atoms with Gasteiger partial charge in [0, 0.05) is 30.7 Å². The number of nitrogens with one attached hydrogen (secondary N) is 2. The van der Waals surface area contributed by atoms with E-state index in [1.165, 1.54) is 18.3 Å². The third kappa shape index (κ3) is 4.57. The van der Waals surface area contributed by atoms with E-state index in [-0.39, 0.29) is 11.7 Å². The van der Waals surface area contributed by atoms with Gasteiger partial charge in [0.25, 0.3) is 5.91 Å². The largest absolute Gasteiger partial charge is 0.497 e. The maximum absolute atomic E-state index is 12.9. The molecule has 0 aliphatic heterocycles. The monoisotopic (exact) mass is 351 g/mol. The van der Waals surface area contributed by atoms with Gasteiger partial charge in [-0.15, -0.1) is 0 Å². The predicted octanol–water partition coefficient (Wildman–Crippen LogP) is 4.09. The lowest BCUT2D eigenvalue weighted by atomic mass is 10.2. The Bertz CT molecular complexity index is 898. The quantitative estimate of drug-likeness (QED) is 0.702. The number of carbonyl (C=O) groups is 1. The molecule has 0 spiro atoms. The first kappa shape index (κ1) is 17.4. The molecule has 0 atom stereocenters. The van der Waals surface area contributed by atoms with Crippen LogP contribution in [0.5, 0.6) is 5.75 Å². The van der Waals surface area contributed by atoms with E-state index < -0.39 is 0 Å². The summed E-state index contributed by atoms with van der Waals surface area (Å²) in [7, 11) is 1.57. The lowest BCUT2D eigenvalue weighted by molar-refractivity contribution is 0.102. The molecule has 0 fully saturated rings. The van der Waals surface area contributed by atoms with Crippen LogP contribution in [0.15, 0.2) is 67.0 Å². The second kappa shape index (κ2) is 8.11. The molecule has 0 unspecified atom stereocenters. The number of methoxy groups -OCH3 is 1. The molecule has 5 nitrogen and oxygen atoms in total. The number of nitrogens with zero attached hydrogens (tertiary/aromatic N) is 1. The standard InChI is InChI=1S/C20H18FN3O2/c1-26-19-4-2-3-17(10-19)24-20(25)15-9-18(13-22-12-15)23-11-14-5-7-16(21)8-6-14/h2-10,12-13,23H,11H2,1H3,(H,24,25). The van der Waals surface area contributed by atoms with E-state index in [1.54, 1.807) is 55.8 Å². The highest BCUT2D eigenvalue weighted by Gasteiger charge is 2.08. The maximum atomic E-state index is 12.9. The molecule has 0 saturated heterocycles. The Labute approximate surface area is 150 Å². The average Bonchev–Trinajstić information content (AvgIpc) is 2.68. The van der Waals surface area contributed by atoms with Crippen LogP contribution in [0.3, 0.4) is 0 Å². The van der Waals surface area contributed by atoms with Gasteiger partial charge in [0.05, 0.1) is 18.4 Å². The number of anilines is 2. The van der Waals surface area contributed by atoms with E-state index in [9.17, 15) is 9.18 Å². The van der Waals surface area contributed by atoms with E-state index >= 15 is 0 Å². The molecule has 26 heavy (non-hydrogen) atoms. The van der Waals surface area contributed by atoms with Gasteiger partial charge >= 0.3 is 0 Å². The SMILES string of the molecule is COc1cccc(NC(=O)c2cncc(NCc3ccc(F)cc3)c2)c1. The minimum atomic E-state index is -0.272. The molecule has 1 aromatic heterocycles. The molecule has 0 radical (unpaired) electrons. The fourth-order valence-electron chi connectivity index (χ4n) is 2.37. The zero-order valence-corrected chi connectivity index (χ0v) is 14.2. The fourth-order valence-corrected chi connectivity index (χ4v) is 2.37. The van der Waals surface area contributed by atoms with Crippen molar-refractivity contribution in [2.45, 2.75) is 6.54 Å². The first-order valence-electron chi connectivity index (χ1n) is 8.03. The van der Waals surface area contributed by atoms with Crippen molar-refractivity contribution in [3.05, 3.63) is 83.9 Å². The number of carbonyl (C=O) groups excluding carboxylic acids is 1. The Morgan fingerprint density at radius 1 is 1.08 bits per heavy atom. The summed E-state index contributed by atoms with van der Waals surface area (Å²) in [6, 6.07) is 15.1. The van der Waals surface area contributed by atoms with Crippen molar-refractivity contribution in [1.29, 1.82) is 0 Å². The summed E-state index contributed by atoms with van der Waals surface area (Å²) in [5, 5.41) is 5.98. The third-order valence-electron chi connectivity index (χ3n) is 3.74. The molecule has 0 aliphatic carbocycles. The van der Waals surface area contributed by atoms with E-state index in [4.69, 9.17) is 4.74 Å². The van der Waals surface area contributed by atoms with Crippen molar-refractivity contribution in [3.8, 4) is 5.75 Å². The molecule has 1 heterocycles. The number of aromatic nitrogens is 1. The lowest BCUT2D eigenvalue weighted by Crippen LogP contribution is -2.13. The van der Waals surface area contributed by atoms with Gasteiger partial charge < -0.3 is 15.4 Å². The number of rotatable bonds is 6. The first-order valence-corrected chi connectivity index (χ1v) is 8.03. The van der Waals surface area contributed by atoms with Crippen LogP contribution in [0.25, 0.3) is 0 Å². The summed E-state index contributed by atoms with van der Waals surface area (Å²) in [6.45, 7) is 0.503. The summed E-state index contributed by atoms with van der Waals surface area (Å²) < 4.78 is 18.1. The van der Waals surface area contributed by atoms with Crippen LogP contribution >= 0.6 is 0 Å². The molecule has 3 rings (SSSR count). The van der Waals surface area contributed by atoms with Crippen LogP contribution in [0, 0.1) is 5.82 Å². The molecule has 132 valence electrons. The van der Waals surface area contributed by atoms with Crippen molar-refractivity contribution in [1.82, 2.24) is 4.98 Å². The number of ether oxygens (including phenoxy) is 1. The second-order valence-corrected chi connectivity index (χ2v) is 5.63. The molecule has 1 amide bonds. The summed E-state index contributed by atoms with van der Waals surface area (Å²) in [6.07, 6.45) is 3.13.